The van der Waals surface area contributed by atoms with E-state index in [1.165, 1.54) is 90.0 Å². The number of carbonyl (C=O) groups excluding carboxylic acids is 1. The fourth-order valence-corrected chi connectivity index (χ4v) is 3.58. The maximum Gasteiger partial charge on any atom is 0.222 e. The summed E-state index contributed by atoms with van der Waals surface area (Å²) < 4.78 is 1.03. The van der Waals surface area contributed by atoms with Crippen LogP contribution in [0.2, 0.25) is 0 Å². The zero-order valence-electron chi connectivity index (χ0n) is 19.5. The van der Waals surface area contributed by atoms with Crippen molar-refractivity contribution in [2.75, 3.05) is 40.8 Å². The maximum atomic E-state index is 12.3. The van der Waals surface area contributed by atoms with Crippen LogP contribution in [-0.4, -0.2) is 56.1 Å². The molecule has 0 aliphatic carbocycles. The second kappa shape index (κ2) is 17.5. The monoisotopic (exact) mass is 383 g/mol. The lowest BCUT2D eigenvalue weighted by molar-refractivity contribution is -0.889. The molecule has 0 N–H and O–H groups in total. The van der Waals surface area contributed by atoms with Crippen molar-refractivity contribution in [2.45, 2.75) is 110 Å². The molecule has 0 radical (unpaired) electrons. The Hall–Kier alpha value is -0.570. The van der Waals surface area contributed by atoms with Crippen LogP contribution in [-0.2, 0) is 4.79 Å². The molecule has 0 aliphatic heterocycles. The van der Waals surface area contributed by atoms with Crippen LogP contribution in [0.3, 0.4) is 0 Å². The fraction of sp³-hybridized carbons (Fsp3) is 0.958. The first kappa shape index (κ1) is 26.4. The van der Waals surface area contributed by atoms with Gasteiger partial charge in [0.2, 0.25) is 5.91 Å². The Kier molecular flexibility index (Phi) is 17.2. The first-order valence-electron chi connectivity index (χ1n) is 12.0. The van der Waals surface area contributed by atoms with Gasteiger partial charge in [0.25, 0.3) is 0 Å². The Balaban J connectivity index is 3.67. The Labute approximate surface area is 171 Å². The van der Waals surface area contributed by atoms with Crippen molar-refractivity contribution in [3.05, 3.63) is 0 Å². The van der Waals surface area contributed by atoms with Crippen molar-refractivity contribution in [3.8, 4) is 0 Å². The van der Waals surface area contributed by atoms with E-state index in [1.54, 1.807) is 0 Å². The highest BCUT2D eigenvalue weighted by molar-refractivity contribution is 5.75. The number of rotatable bonds is 19. The number of amides is 1. The minimum absolute atomic E-state index is 0.334. The van der Waals surface area contributed by atoms with Gasteiger partial charge in [0, 0.05) is 13.5 Å². The number of unbranched alkanes of at least 4 members (excludes halogenated alkanes) is 12. The van der Waals surface area contributed by atoms with Crippen molar-refractivity contribution in [2.24, 2.45) is 0 Å². The number of hydrogen-bond acceptors (Lipinski definition) is 1. The molecule has 0 unspecified atom stereocenters. The minimum atomic E-state index is 0.334. The highest BCUT2D eigenvalue weighted by atomic mass is 16.2. The van der Waals surface area contributed by atoms with E-state index >= 15 is 0 Å². The van der Waals surface area contributed by atoms with Crippen molar-refractivity contribution in [3.63, 3.8) is 0 Å². The van der Waals surface area contributed by atoms with Gasteiger partial charge in [-0.2, -0.15) is 0 Å². The predicted octanol–water partition coefficient (Wildman–Crippen LogP) is 6.41. The maximum absolute atomic E-state index is 12.3. The van der Waals surface area contributed by atoms with E-state index in [2.05, 4.69) is 27.9 Å². The molecule has 27 heavy (non-hydrogen) atoms. The molecule has 0 saturated heterocycles. The number of likely N-dealkylation sites (N-methyl/N-ethyl adjacent to an activating group) is 2. The van der Waals surface area contributed by atoms with E-state index in [0.717, 1.165) is 30.4 Å². The number of carbonyl (C=O) groups is 1. The van der Waals surface area contributed by atoms with E-state index in [-0.39, 0.29) is 0 Å². The largest absolute Gasteiger partial charge is 0.340 e. The smallest absolute Gasteiger partial charge is 0.222 e. The van der Waals surface area contributed by atoms with Gasteiger partial charge in [0.1, 0.15) is 0 Å². The normalized spacial score (nSPS) is 11.7. The van der Waals surface area contributed by atoms with Crippen LogP contribution in [0.5, 0.6) is 0 Å². The van der Waals surface area contributed by atoms with Crippen LogP contribution in [0.4, 0.5) is 0 Å². The SMILES string of the molecule is CCCCCCCCCCCC(=O)N(C)CC[N+](C)(C)CCCCCCC. The molecule has 3 heteroatoms. The summed E-state index contributed by atoms with van der Waals surface area (Å²) >= 11 is 0. The number of hydrogen-bond donors (Lipinski definition) is 0. The van der Waals surface area contributed by atoms with Gasteiger partial charge in [0.15, 0.2) is 0 Å². The molecule has 3 nitrogen and oxygen atoms in total. The summed E-state index contributed by atoms with van der Waals surface area (Å²) in [6, 6.07) is 0. The average molecular weight is 384 g/mol. The Bertz CT molecular complexity index is 341. The molecule has 0 heterocycles. The molecule has 0 aromatic heterocycles. The second-order valence-electron chi connectivity index (χ2n) is 9.19. The summed E-state index contributed by atoms with van der Waals surface area (Å²) in [4.78, 5) is 14.3. The van der Waals surface area contributed by atoms with Crippen LogP contribution in [0.25, 0.3) is 0 Å². The zero-order chi connectivity index (χ0) is 20.4. The highest BCUT2D eigenvalue weighted by Crippen LogP contribution is 2.11. The standard InChI is InChI=1S/C24H51N2O/c1-6-8-10-12-13-14-15-16-18-20-24(27)25(3)21-23-26(4,5)22-19-17-11-9-7-2/h6-23H2,1-5H3/q+1. The molecular weight excluding hydrogens is 332 g/mol. The van der Waals surface area contributed by atoms with Crippen molar-refractivity contribution >= 4 is 5.91 Å². The third kappa shape index (κ3) is 17.3. The lowest BCUT2D eigenvalue weighted by Crippen LogP contribution is -2.46. The van der Waals surface area contributed by atoms with E-state index in [9.17, 15) is 4.79 Å². The molecule has 0 bridgehead atoms. The Morgan fingerprint density at radius 2 is 1.11 bits per heavy atom. The molecule has 0 fully saturated rings. The summed E-state index contributed by atoms with van der Waals surface area (Å²) in [5.74, 6) is 0.334. The summed E-state index contributed by atoms with van der Waals surface area (Å²) in [5, 5.41) is 0. The first-order valence-corrected chi connectivity index (χ1v) is 12.0. The number of quaternary nitrogens is 1. The fourth-order valence-electron chi connectivity index (χ4n) is 3.58. The topological polar surface area (TPSA) is 20.3 Å². The van der Waals surface area contributed by atoms with Crippen LogP contribution in [0, 0.1) is 0 Å². The van der Waals surface area contributed by atoms with Gasteiger partial charge < -0.3 is 9.38 Å². The molecule has 0 aromatic carbocycles. The van der Waals surface area contributed by atoms with Gasteiger partial charge in [0.05, 0.1) is 33.7 Å². The summed E-state index contributed by atoms with van der Waals surface area (Å²) in [6.07, 6.45) is 19.2. The molecule has 0 aromatic rings. The molecular formula is C24H51N2O+. The van der Waals surface area contributed by atoms with Crippen LogP contribution < -0.4 is 0 Å². The third-order valence-corrected chi connectivity index (χ3v) is 5.83. The van der Waals surface area contributed by atoms with E-state index < -0.39 is 0 Å². The molecule has 0 rings (SSSR count). The van der Waals surface area contributed by atoms with Crippen LogP contribution in [0.15, 0.2) is 0 Å². The predicted molar refractivity (Wildman–Crippen MR) is 120 cm³/mol. The molecule has 0 saturated carbocycles. The lowest BCUT2D eigenvalue weighted by Gasteiger charge is -2.31. The summed E-state index contributed by atoms with van der Waals surface area (Å²) in [5.41, 5.74) is 0. The van der Waals surface area contributed by atoms with E-state index in [1.807, 2.05) is 11.9 Å². The van der Waals surface area contributed by atoms with Gasteiger partial charge in [-0.05, 0) is 19.3 Å². The molecule has 1 amide bonds. The van der Waals surface area contributed by atoms with Gasteiger partial charge >= 0.3 is 0 Å². The van der Waals surface area contributed by atoms with E-state index in [4.69, 9.17) is 0 Å². The summed E-state index contributed by atoms with van der Waals surface area (Å²) in [6.45, 7) is 7.71. The highest BCUT2D eigenvalue weighted by Gasteiger charge is 2.17. The molecule has 0 spiro atoms. The van der Waals surface area contributed by atoms with Crippen molar-refractivity contribution < 1.29 is 9.28 Å². The van der Waals surface area contributed by atoms with Gasteiger partial charge in [-0.25, -0.2) is 0 Å². The number of nitrogens with zero attached hydrogens (tertiary/aromatic N) is 2. The zero-order valence-corrected chi connectivity index (χ0v) is 19.5. The van der Waals surface area contributed by atoms with Gasteiger partial charge in [-0.15, -0.1) is 0 Å². The lowest BCUT2D eigenvalue weighted by atomic mass is 10.1. The van der Waals surface area contributed by atoms with Gasteiger partial charge in [-0.1, -0.05) is 84.5 Å². The molecule has 0 aliphatic rings. The third-order valence-electron chi connectivity index (χ3n) is 5.83. The summed E-state index contributed by atoms with van der Waals surface area (Å²) in [7, 11) is 6.59. The average Bonchev–Trinajstić information content (AvgIpc) is 2.64. The Morgan fingerprint density at radius 3 is 1.63 bits per heavy atom. The van der Waals surface area contributed by atoms with Crippen LogP contribution >= 0.6 is 0 Å². The van der Waals surface area contributed by atoms with Crippen molar-refractivity contribution in [1.82, 2.24) is 4.90 Å². The van der Waals surface area contributed by atoms with E-state index in [0.29, 0.717) is 5.91 Å². The molecule has 162 valence electrons. The Morgan fingerprint density at radius 1 is 0.667 bits per heavy atom. The van der Waals surface area contributed by atoms with Crippen molar-refractivity contribution in [1.29, 1.82) is 0 Å². The van der Waals surface area contributed by atoms with Gasteiger partial charge in [-0.3, -0.25) is 4.79 Å². The van der Waals surface area contributed by atoms with Crippen LogP contribution in [0.1, 0.15) is 110 Å². The first-order chi connectivity index (χ1) is 12.9. The molecule has 0 atom stereocenters. The second-order valence-corrected chi connectivity index (χ2v) is 9.19. The quantitative estimate of drug-likeness (QED) is 0.186. The minimum Gasteiger partial charge on any atom is -0.340 e.